The quantitative estimate of drug-likeness (QED) is 0.713. The summed E-state index contributed by atoms with van der Waals surface area (Å²) >= 11 is 5.92. The van der Waals surface area contributed by atoms with Crippen molar-refractivity contribution in [3.63, 3.8) is 0 Å². The number of unbranched alkanes of at least 4 members (excludes halogenated alkanes) is 1. The monoisotopic (exact) mass is 212 g/mol. The van der Waals surface area contributed by atoms with E-state index in [1.807, 2.05) is 6.07 Å². The van der Waals surface area contributed by atoms with E-state index in [-0.39, 0.29) is 0 Å². The van der Waals surface area contributed by atoms with Crippen LogP contribution >= 0.6 is 11.6 Å². The Bertz CT molecular complexity index is 297. The SMILES string of the molecule is CCCCc1cc(Cl)nc(C(C)C)n1. The number of rotatable bonds is 4. The molecule has 1 heterocycles. The highest BCUT2D eigenvalue weighted by atomic mass is 35.5. The molecule has 0 bridgehead atoms. The molecular formula is C11H17ClN2. The van der Waals surface area contributed by atoms with Gasteiger partial charge in [-0.15, -0.1) is 0 Å². The molecule has 0 radical (unpaired) electrons. The van der Waals surface area contributed by atoms with Crippen molar-refractivity contribution >= 4 is 11.6 Å². The van der Waals surface area contributed by atoms with Crippen LogP contribution < -0.4 is 0 Å². The Morgan fingerprint density at radius 1 is 1.36 bits per heavy atom. The number of hydrogen-bond acceptors (Lipinski definition) is 2. The largest absolute Gasteiger partial charge is 0.238 e. The minimum absolute atomic E-state index is 0.342. The van der Waals surface area contributed by atoms with Crippen LogP contribution in [0.5, 0.6) is 0 Å². The number of halogens is 1. The van der Waals surface area contributed by atoms with Crippen LogP contribution in [-0.4, -0.2) is 9.97 Å². The van der Waals surface area contributed by atoms with Gasteiger partial charge in [-0.2, -0.15) is 0 Å². The molecule has 0 atom stereocenters. The molecule has 3 heteroatoms. The van der Waals surface area contributed by atoms with Gasteiger partial charge in [0, 0.05) is 11.6 Å². The first kappa shape index (κ1) is 11.4. The first-order chi connectivity index (χ1) is 6.63. The summed E-state index contributed by atoms with van der Waals surface area (Å²) in [6.07, 6.45) is 3.34. The van der Waals surface area contributed by atoms with Crippen molar-refractivity contribution in [1.82, 2.24) is 9.97 Å². The second kappa shape index (κ2) is 5.30. The minimum Gasteiger partial charge on any atom is -0.238 e. The van der Waals surface area contributed by atoms with Crippen LogP contribution in [0.3, 0.4) is 0 Å². The first-order valence-electron chi connectivity index (χ1n) is 5.16. The topological polar surface area (TPSA) is 25.8 Å². The summed E-state index contributed by atoms with van der Waals surface area (Å²) in [5, 5.41) is 0.565. The van der Waals surface area contributed by atoms with Crippen molar-refractivity contribution in [3.05, 3.63) is 22.7 Å². The maximum Gasteiger partial charge on any atom is 0.133 e. The van der Waals surface area contributed by atoms with Gasteiger partial charge in [-0.3, -0.25) is 0 Å². The van der Waals surface area contributed by atoms with E-state index in [9.17, 15) is 0 Å². The summed E-state index contributed by atoms with van der Waals surface area (Å²) in [6.45, 7) is 6.33. The molecule has 1 aromatic rings. The lowest BCUT2D eigenvalue weighted by Crippen LogP contribution is -2.01. The lowest BCUT2D eigenvalue weighted by molar-refractivity contribution is 0.727. The van der Waals surface area contributed by atoms with Crippen LogP contribution in [-0.2, 0) is 6.42 Å². The molecule has 0 fully saturated rings. The van der Waals surface area contributed by atoms with Gasteiger partial charge in [0.15, 0.2) is 0 Å². The van der Waals surface area contributed by atoms with E-state index >= 15 is 0 Å². The Morgan fingerprint density at radius 3 is 2.64 bits per heavy atom. The highest BCUT2D eigenvalue weighted by Gasteiger charge is 2.06. The Hall–Kier alpha value is -0.630. The van der Waals surface area contributed by atoms with E-state index in [1.54, 1.807) is 0 Å². The first-order valence-corrected chi connectivity index (χ1v) is 5.54. The number of hydrogen-bond donors (Lipinski definition) is 0. The summed E-state index contributed by atoms with van der Waals surface area (Å²) in [4.78, 5) is 8.67. The molecule has 78 valence electrons. The Morgan fingerprint density at radius 2 is 2.07 bits per heavy atom. The fraction of sp³-hybridized carbons (Fsp3) is 0.636. The second-order valence-electron chi connectivity index (χ2n) is 3.80. The van der Waals surface area contributed by atoms with Gasteiger partial charge >= 0.3 is 0 Å². The van der Waals surface area contributed by atoms with Crippen molar-refractivity contribution < 1.29 is 0 Å². The molecule has 0 N–H and O–H groups in total. The summed E-state index contributed by atoms with van der Waals surface area (Å²) in [7, 11) is 0. The van der Waals surface area contributed by atoms with Gasteiger partial charge in [-0.25, -0.2) is 9.97 Å². The van der Waals surface area contributed by atoms with Gasteiger partial charge in [0.25, 0.3) is 0 Å². The molecule has 0 aliphatic rings. The zero-order valence-corrected chi connectivity index (χ0v) is 9.80. The fourth-order valence-electron chi connectivity index (χ4n) is 1.23. The number of nitrogens with zero attached hydrogens (tertiary/aromatic N) is 2. The second-order valence-corrected chi connectivity index (χ2v) is 4.19. The third-order valence-corrected chi connectivity index (χ3v) is 2.26. The lowest BCUT2D eigenvalue weighted by atomic mass is 10.1. The normalized spacial score (nSPS) is 10.9. The molecule has 1 aromatic heterocycles. The molecule has 0 aromatic carbocycles. The van der Waals surface area contributed by atoms with Gasteiger partial charge in [0.1, 0.15) is 11.0 Å². The molecule has 0 spiro atoms. The maximum absolute atomic E-state index is 5.92. The zero-order valence-electron chi connectivity index (χ0n) is 9.05. The number of aromatic nitrogens is 2. The molecule has 0 saturated carbocycles. The third-order valence-electron chi connectivity index (χ3n) is 2.07. The van der Waals surface area contributed by atoms with Crippen LogP contribution in [0, 0.1) is 0 Å². The van der Waals surface area contributed by atoms with Gasteiger partial charge in [-0.05, 0) is 18.9 Å². The fourth-order valence-corrected chi connectivity index (χ4v) is 1.44. The van der Waals surface area contributed by atoms with Gasteiger partial charge in [-0.1, -0.05) is 38.8 Å². The highest BCUT2D eigenvalue weighted by Crippen LogP contribution is 2.15. The molecular weight excluding hydrogens is 196 g/mol. The van der Waals surface area contributed by atoms with Crippen molar-refractivity contribution in [2.75, 3.05) is 0 Å². The predicted octanol–water partition coefficient (Wildman–Crippen LogP) is 3.60. The molecule has 14 heavy (non-hydrogen) atoms. The molecule has 0 aliphatic heterocycles. The van der Waals surface area contributed by atoms with Crippen molar-refractivity contribution in [2.24, 2.45) is 0 Å². The lowest BCUT2D eigenvalue weighted by Gasteiger charge is -2.06. The Labute approximate surface area is 90.7 Å². The van der Waals surface area contributed by atoms with Crippen LogP contribution in [0.2, 0.25) is 5.15 Å². The van der Waals surface area contributed by atoms with Crippen LogP contribution in [0.4, 0.5) is 0 Å². The highest BCUT2D eigenvalue weighted by molar-refractivity contribution is 6.29. The molecule has 0 unspecified atom stereocenters. The smallest absolute Gasteiger partial charge is 0.133 e. The molecule has 0 saturated heterocycles. The van der Waals surface area contributed by atoms with Crippen molar-refractivity contribution in [2.45, 2.75) is 46.0 Å². The van der Waals surface area contributed by atoms with E-state index in [4.69, 9.17) is 11.6 Å². The molecule has 0 aliphatic carbocycles. The van der Waals surface area contributed by atoms with E-state index in [1.165, 1.54) is 6.42 Å². The van der Waals surface area contributed by atoms with Crippen LogP contribution in [0.25, 0.3) is 0 Å². The van der Waals surface area contributed by atoms with Crippen LogP contribution in [0.15, 0.2) is 6.07 Å². The van der Waals surface area contributed by atoms with E-state index in [0.717, 1.165) is 24.4 Å². The van der Waals surface area contributed by atoms with Gasteiger partial charge in [0.2, 0.25) is 0 Å². The number of aryl methyl sites for hydroxylation is 1. The summed E-state index contributed by atoms with van der Waals surface area (Å²) < 4.78 is 0. The Kier molecular flexibility index (Phi) is 4.33. The standard InChI is InChI=1S/C11H17ClN2/c1-4-5-6-9-7-10(12)14-11(13-9)8(2)3/h7-8H,4-6H2,1-3H3. The van der Waals surface area contributed by atoms with Gasteiger partial charge < -0.3 is 0 Å². The summed E-state index contributed by atoms with van der Waals surface area (Å²) in [5.41, 5.74) is 1.07. The van der Waals surface area contributed by atoms with E-state index in [2.05, 4.69) is 30.7 Å². The summed E-state index contributed by atoms with van der Waals surface area (Å²) in [6, 6.07) is 1.86. The summed E-state index contributed by atoms with van der Waals surface area (Å²) in [5.74, 6) is 1.19. The average Bonchev–Trinajstić information content (AvgIpc) is 2.14. The molecule has 0 amide bonds. The van der Waals surface area contributed by atoms with Crippen molar-refractivity contribution in [1.29, 1.82) is 0 Å². The predicted molar refractivity (Wildman–Crippen MR) is 59.7 cm³/mol. The Balaban J connectivity index is 2.84. The van der Waals surface area contributed by atoms with E-state index in [0.29, 0.717) is 11.1 Å². The maximum atomic E-state index is 5.92. The van der Waals surface area contributed by atoms with Gasteiger partial charge in [0.05, 0.1) is 0 Å². The van der Waals surface area contributed by atoms with Crippen molar-refractivity contribution in [3.8, 4) is 0 Å². The van der Waals surface area contributed by atoms with Crippen LogP contribution in [0.1, 0.15) is 51.0 Å². The minimum atomic E-state index is 0.342. The zero-order chi connectivity index (χ0) is 10.6. The van der Waals surface area contributed by atoms with E-state index < -0.39 is 0 Å². The molecule has 2 nitrogen and oxygen atoms in total. The average molecular weight is 213 g/mol. The molecule has 1 rings (SSSR count). The third kappa shape index (κ3) is 3.26.